The maximum absolute atomic E-state index is 11.9. The van der Waals surface area contributed by atoms with Gasteiger partial charge in [0.2, 0.25) is 5.91 Å². The fourth-order valence-corrected chi connectivity index (χ4v) is 3.45. The lowest BCUT2D eigenvalue weighted by Crippen LogP contribution is -2.28. The molecular formula is C13H20ClN3OS. The summed E-state index contributed by atoms with van der Waals surface area (Å²) < 4.78 is 0. The summed E-state index contributed by atoms with van der Waals surface area (Å²) in [5.74, 6) is 1.07. The van der Waals surface area contributed by atoms with Gasteiger partial charge in [0.05, 0.1) is 5.69 Å². The Morgan fingerprint density at radius 1 is 1.42 bits per heavy atom. The molecule has 106 valence electrons. The molecule has 2 atom stereocenters. The first-order valence-electron chi connectivity index (χ1n) is 6.73. The Morgan fingerprint density at radius 3 is 2.84 bits per heavy atom. The lowest BCUT2D eigenvalue weighted by atomic mass is 10.00. The first-order valence-corrected chi connectivity index (χ1v) is 7.61. The van der Waals surface area contributed by atoms with Crippen LogP contribution in [0.4, 0.5) is 5.13 Å². The van der Waals surface area contributed by atoms with E-state index in [0.717, 1.165) is 30.1 Å². The molecule has 0 bridgehead atoms. The molecule has 1 aromatic rings. The van der Waals surface area contributed by atoms with Gasteiger partial charge in [0, 0.05) is 23.8 Å². The Morgan fingerprint density at radius 2 is 2.21 bits per heavy atom. The van der Waals surface area contributed by atoms with E-state index in [1.807, 2.05) is 0 Å². The number of hydrogen-bond donors (Lipinski definition) is 2. The maximum atomic E-state index is 11.9. The van der Waals surface area contributed by atoms with Crippen molar-refractivity contribution in [3.63, 3.8) is 0 Å². The number of thiazole rings is 1. The van der Waals surface area contributed by atoms with Crippen LogP contribution in [-0.4, -0.2) is 16.9 Å². The third-order valence-corrected chi connectivity index (χ3v) is 4.71. The van der Waals surface area contributed by atoms with Gasteiger partial charge < -0.3 is 11.1 Å². The summed E-state index contributed by atoms with van der Waals surface area (Å²) in [6.45, 7) is 0. The zero-order chi connectivity index (χ0) is 12.5. The van der Waals surface area contributed by atoms with Crippen LogP contribution in [0.2, 0.25) is 0 Å². The van der Waals surface area contributed by atoms with Crippen molar-refractivity contribution >= 4 is 34.8 Å². The van der Waals surface area contributed by atoms with Gasteiger partial charge in [0.15, 0.2) is 5.13 Å². The number of rotatable bonds is 4. The Balaban J connectivity index is 0.00000133. The van der Waals surface area contributed by atoms with Crippen LogP contribution in [0.5, 0.6) is 0 Å². The highest BCUT2D eigenvalue weighted by Crippen LogP contribution is 2.40. The van der Waals surface area contributed by atoms with E-state index in [2.05, 4.69) is 15.7 Å². The lowest BCUT2D eigenvalue weighted by molar-refractivity contribution is -0.117. The van der Waals surface area contributed by atoms with Crippen molar-refractivity contribution in [2.45, 2.75) is 50.5 Å². The molecule has 1 heterocycles. The third-order valence-electron chi connectivity index (χ3n) is 3.93. The molecule has 0 unspecified atom stereocenters. The molecule has 3 N–H and O–H groups in total. The fourth-order valence-electron chi connectivity index (χ4n) is 2.64. The first-order chi connectivity index (χ1) is 8.72. The summed E-state index contributed by atoms with van der Waals surface area (Å²) in [6.07, 6.45) is 6.32. The second kappa shape index (κ2) is 6.20. The third kappa shape index (κ3) is 3.68. The topological polar surface area (TPSA) is 68.0 Å². The summed E-state index contributed by atoms with van der Waals surface area (Å²) in [4.78, 5) is 16.4. The molecule has 0 aliphatic heterocycles. The minimum absolute atomic E-state index is 0. The van der Waals surface area contributed by atoms with Crippen molar-refractivity contribution in [3.8, 4) is 0 Å². The summed E-state index contributed by atoms with van der Waals surface area (Å²) in [7, 11) is 0. The Hall–Kier alpha value is -0.650. The summed E-state index contributed by atoms with van der Waals surface area (Å²) in [6, 6.07) is 0.203. The van der Waals surface area contributed by atoms with Crippen molar-refractivity contribution in [1.82, 2.24) is 4.98 Å². The molecule has 3 rings (SSSR count). The molecule has 4 nitrogen and oxygen atoms in total. The highest BCUT2D eigenvalue weighted by atomic mass is 35.5. The van der Waals surface area contributed by atoms with Gasteiger partial charge in [-0.05, 0) is 31.6 Å². The highest BCUT2D eigenvalue weighted by molar-refractivity contribution is 7.13. The average Bonchev–Trinajstić information content (AvgIpc) is 2.97. The van der Waals surface area contributed by atoms with Gasteiger partial charge in [-0.2, -0.15) is 0 Å². The number of nitrogens with two attached hydrogens (primary N) is 1. The van der Waals surface area contributed by atoms with Gasteiger partial charge in [-0.25, -0.2) is 4.98 Å². The minimum Gasteiger partial charge on any atom is -0.327 e. The van der Waals surface area contributed by atoms with Crippen molar-refractivity contribution in [1.29, 1.82) is 0 Å². The summed E-state index contributed by atoms with van der Waals surface area (Å²) >= 11 is 1.53. The van der Waals surface area contributed by atoms with E-state index in [1.54, 1.807) is 0 Å². The SMILES string of the molecule is Cl.N[C@@H]1CCC[C@H]1CC(=O)Nc1nc(C2CC2)cs1. The Kier molecular flexibility index (Phi) is 4.81. The minimum atomic E-state index is 0. The largest absolute Gasteiger partial charge is 0.327 e. The van der Waals surface area contributed by atoms with Crippen LogP contribution in [0, 0.1) is 5.92 Å². The summed E-state index contributed by atoms with van der Waals surface area (Å²) in [5, 5.41) is 5.71. The monoisotopic (exact) mass is 301 g/mol. The van der Waals surface area contributed by atoms with Gasteiger partial charge in [-0.1, -0.05) is 6.42 Å². The molecule has 6 heteroatoms. The molecule has 0 aromatic carbocycles. The van der Waals surface area contributed by atoms with E-state index in [4.69, 9.17) is 5.73 Å². The molecular weight excluding hydrogens is 282 g/mol. The molecule has 2 aliphatic carbocycles. The van der Waals surface area contributed by atoms with Crippen LogP contribution in [0.15, 0.2) is 5.38 Å². The van der Waals surface area contributed by atoms with Gasteiger partial charge in [0.1, 0.15) is 0 Å². The van der Waals surface area contributed by atoms with E-state index < -0.39 is 0 Å². The van der Waals surface area contributed by atoms with Crippen LogP contribution >= 0.6 is 23.7 Å². The van der Waals surface area contributed by atoms with E-state index in [9.17, 15) is 4.79 Å². The fraction of sp³-hybridized carbons (Fsp3) is 0.692. The molecule has 19 heavy (non-hydrogen) atoms. The quantitative estimate of drug-likeness (QED) is 0.898. The van der Waals surface area contributed by atoms with Crippen LogP contribution in [0.1, 0.15) is 50.1 Å². The van der Waals surface area contributed by atoms with Gasteiger partial charge in [-0.15, -0.1) is 23.7 Å². The molecule has 1 amide bonds. The number of hydrogen-bond acceptors (Lipinski definition) is 4. The average molecular weight is 302 g/mol. The van der Waals surface area contributed by atoms with Crippen LogP contribution < -0.4 is 11.1 Å². The number of aromatic nitrogens is 1. The van der Waals surface area contributed by atoms with Gasteiger partial charge in [0.25, 0.3) is 0 Å². The van der Waals surface area contributed by atoms with Crippen molar-refractivity contribution in [2.75, 3.05) is 5.32 Å². The Labute approximate surface area is 123 Å². The molecule has 0 spiro atoms. The predicted molar refractivity (Wildman–Crippen MR) is 79.9 cm³/mol. The number of anilines is 1. The molecule has 0 saturated heterocycles. The summed E-state index contributed by atoms with van der Waals surface area (Å²) in [5.41, 5.74) is 7.13. The lowest BCUT2D eigenvalue weighted by Gasteiger charge is -2.13. The van der Waals surface area contributed by atoms with Crippen LogP contribution in [0.3, 0.4) is 0 Å². The molecule has 2 fully saturated rings. The van der Waals surface area contributed by atoms with Gasteiger partial charge >= 0.3 is 0 Å². The van der Waals surface area contributed by atoms with E-state index in [-0.39, 0.29) is 24.4 Å². The zero-order valence-corrected chi connectivity index (χ0v) is 12.4. The zero-order valence-electron chi connectivity index (χ0n) is 10.8. The van der Waals surface area contributed by atoms with Gasteiger partial charge in [-0.3, -0.25) is 4.79 Å². The molecule has 2 aliphatic rings. The Bertz CT molecular complexity index is 447. The molecule has 1 aromatic heterocycles. The van der Waals surface area contributed by atoms with E-state index in [1.165, 1.54) is 24.2 Å². The molecule has 0 radical (unpaired) electrons. The number of amides is 1. The standard InChI is InChI=1S/C13H19N3OS.ClH/c14-10-3-1-2-9(10)6-12(17)16-13-15-11(7-18-13)8-4-5-8;/h7-10H,1-6,14H2,(H,15,16,17);1H/t9-,10+;/m0./s1. The molecule has 2 saturated carbocycles. The second-order valence-electron chi connectivity index (χ2n) is 5.46. The van der Waals surface area contributed by atoms with Crippen molar-refractivity contribution in [3.05, 3.63) is 11.1 Å². The second-order valence-corrected chi connectivity index (χ2v) is 6.32. The predicted octanol–water partition coefficient (Wildman–Crippen LogP) is 2.90. The highest BCUT2D eigenvalue weighted by Gasteiger charge is 2.28. The van der Waals surface area contributed by atoms with Crippen LogP contribution in [0.25, 0.3) is 0 Å². The van der Waals surface area contributed by atoms with Crippen molar-refractivity contribution in [2.24, 2.45) is 11.7 Å². The number of nitrogens with one attached hydrogen (secondary N) is 1. The number of carbonyl (C=O) groups excluding carboxylic acids is 1. The van der Waals surface area contributed by atoms with Crippen LogP contribution in [-0.2, 0) is 4.79 Å². The first kappa shape index (κ1) is 14.8. The number of nitrogens with zero attached hydrogens (tertiary/aromatic N) is 1. The van der Waals surface area contributed by atoms with E-state index in [0.29, 0.717) is 18.3 Å². The maximum Gasteiger partial charge on any atom is 0.226 e. The normalized spacial score (nSPS) is 25.9. The van der Waals surface area contributed by atoms with E-state index >= 15 is 0 Å². The number of carbonyl (C=O) groups is 1. The van der Waals surface area contributed by atoms with Crippen molar-refractivity contribution < 1.29 is 4.79 Å². The number of halogens is 1. The smallest absolute Gasteiger partial charge is 0.226 e.